The van der Waals surface area contributed by atoms with Crippen molar-refractivity contribution in [2.75, 3.05) is 5.43 Å². The number of anilines is 1. The number of amides is 1. The molecule has 0 unspecified atom stereocenters. The minimum absolute atomic E-state index is 0.160. The van der Waals surface area contributed by atoms with Crippen LogP contribution in [-0.2, 0) is 6.54 Å². The maximum atomic E-state index is 12.8. The van der Waals surface area contributed by atoms with Crippen LogP contribution < -0.4 is 16.6 Å². The van der Waals surface area contributed by atoms with Crippen molar-refractivity contribution in [1.29, 1.82) is 0 Å². The summed E-state index contributed by atoms with van der Waals surface area (Å²) in [5.41, 5.74) is 3.45. The minimum atomic E-state index is -0.324. The quantitative estimate of drug-likeness (QED) is 0.458. The number of nitrogen functional groups attached to an aromatic ring is 1. The standard InChI is InChI=1S/C13H12ClFN4O/c14-11-5-9(6-12(18-11)19-16)13(20)17-7-8-1-3-10(15)4-2-8/h1-6H,7,16H2,(H,17,20)(H,18,19). The Bertz CT molecular complexity index is 618. The van der Waals surface area contributed by atoms with E-state index < -0.39 is 0 Å². The van der Waals surface area contributed by atoms with Crippen LogP contribution in [0.4, 0.5) is 10.2 Å². The number of pyridine rings is 1. The number of benzene rings is 1. The van der Waals surface area contributed by atoms with Crippen molar-refractivity contribution in [2.45, 2.75) is 6.54 Å². The highest BCUT2D eigenvalue weighted by Gasteiger charge is 2.08. The normalized spacial score (nSPS) is 10.2. The van der Waals surface area contributed by atoms with Crippen LogP contribution in [0.25, 0.3) is 0 Å². The predicted molar refractivity (Wildman–Crippen MR) is 74.6 cm³/mol. The lowest BCUT2D eigenvalue weighted by atomic mass is 10.2. The number of hydrogen-bond donors (Lipinski definition) is 3. The van der Waals surface area contributed by atoms with E-state index in [4.69, 9.17) is 17.4 Å². The molecule has 0 saturated heterocycles. The molecule has 20 heavy (non-hydrogen) atoms. The number of carbonyl (C=O) groups is 1. The number of hydrogen-bond acceptors (Lipinski definition) is 4. The van der Waals surface area contributed by atoms with Gasteiger partial charge in [-0.25, -0.2) is 15.2 Å². The van der Waals surface area contributed by atoms with Gasteiger partial charge in [0.25, 0.3) is 5.91 Å². The van der Waals surface area contributed by atoms with Crippen molar-refractivity contribution in [3.63, 3.8) is 0 Å². The molecule has 0 spiro atoms. The van der Waals surface area contributed by atoms with Gasteiger partial charge in [0.05, 0.1) is 0 Å². The van der Waals surface area contributed by atoms with Crippen molar-refractivity contribution < 1.29 is 9.18 Å². The molecule has 0 aliphatic rings. The Labute approximate surface area is 119 Å². The van der Waals surface area contributed by atoms with Crippen molar-refractivity contribution in [3.8, 4) is 0 Å². The first-order valence-corrected chi connectivity index (χ1v) is 6.13. The van der Waals surface area contributed by atoms with E-state index in [9.17, 15) is 9.18 Å². The summed E-state index contributed by atoms with van der Waals surface area (Å²) < 4.78 is 12.8. The van der Waals surface area contributed by atoms with Crippen LogP contribution in [0, 0.1) is 5.82 Å². The number of halogens is 2. The summed E-state index contributed by atoms with van der Waals surface area (Å²) in [5, 5.41) is 2.86. The Hall–Kier alpha value is -2.18. The molecule has 4 N–H and O–H groups in total. The predicted octanol–water partition coefficient (Wildman–Crippen LogP) is 2.09. The molecule has 104 valence electrons. The summed E-state index contributed by atoms with van der Waals surface area (Å²) in [7, 11) is 0. The van der Waals surface area contributed by atoms with Gasteiger partial charge in [0, 0.05) is 12.1 Å². The Morgan fingerprint density at radius 3 is 2.65 bits per heavy atom. The number of nitrogens with zero attached hydrogens (tertiary/aromatic N) is 1. The summed E-state index contributed by atoms with van der Waals surface area (Å²) in [6, 6.07) is 8.78. The molecule has 0 fully saturated rings. The van der Waals surface area contributed by atoms with Crippen molar-refractivity contribution in [1.82, 2.24) is 10.3 Å². The van der Waals surface area contributed by atoms with Crippen LogP contribution in [0.2, 0.25) is 5.15 Å². The lowest BCUT2D eigenvalue weighted by Gasteiger charge is -2.07. The SMILES string of the molecule is NNc1cc(C(=O)NCc2ccc(F)cc2)cc(Cl)n1. The largest absolute Gasteiger partial charge is 0.348 e. The Morgan fingerprint density at radius 2 is 2.00 bits per heavy atom. The molecule has 1 amide bonds. The molecule has 2 rings (SSSR count). The van der Waals surface area contributed by atoms with Gasteiger partial charge < -0.3 is 10.7 Å². The van der Waals surface area contributed by atoms with Crippen LogP contribution in [0.5, 0.6) is 0 Å². The third-order valence-electron chi connectivity index (χ3n) is 2.57. The van der Waals surface area contributed by atoms with Crippen LogP contribution in [-0.4, -0.2) is 10.9 Å². The summed E-state index contributed by atoms with van der Waals surface area (Å²) >= 11 is 5.78. The third kappa shape index (κ3) is 3.66. The van der Waals surface area contributed by atoms with Crippen LogP contribution in [0.15, 0.2) is 36.4 Å². The van der Waals surface area contributed by atoms with E-state index in [-0.39, 0.29) is 23.4 Å². The lowest BCUT2D eigenvalue weighted by Crippen LogP contribution is -2.23. The Balaban J connectivity index is 2.04. The van der Waals surface area contributed by atoms with Gasteiger partial charge in [0.2, 0.25) is 0 Å². The van der Waals surface area contributed by atoms with E-state index in [1.165, 1.54) is 24.3 Å². The van der Waals surface area contributed by atoms with Gasteiger partial charge >= 0.3 is 0 Å². The van der Waals surface area contributed by atoms with Gasteiger partial charge in [-0.3, -0.25) is 4.79 Å². The molecule has 0 atom stereocenters. The molecule has 0 aliphatic heterocycles. The fourth-order valence-corrected chi connectivity index (χ4v) is 1.80. The van der Waals surface area contributed by atoms with Crippen LogP contribution in [0.1, 0.15) is 15.9 Å². The Kier molecular flexibility index (Phi) is 4.49. The fourth-order valence-electron chi connectivity index (χ4n) is 1.59. The van der Waals surface area contributed by atoms with Gasteiger partial charge in [-0.15, -0.1) is 0 Å². The third-order valence-corrected chi connectivity index (χ3v) is 2.76. The van der Waals surface area contributed by atoms with Gasteiger partial charge in [-0.05, 0) is 29.8 Å². The average molecular weight is 295 g/mol. The maximum Gasteiger partial charge on any atom is 0.251 e. The average Bonchev–Trinajstić information content (AvgIpc) is 2.45. The molecular weight excluding hydrogens is 283 g/mol. The van der Waals surface area contributed by atoms with Crippen molar-refractivity contribution in [2.24, 2.45) is 5.84 Å². The van der Waals surface area contributed by atoms with Crippen molar-refractivity contribution >= 4 is 23.3 Å². The first kappa shape index (κ1) is 14.2. The van der Waals surface area contributed by atoms with E-state index in [1.54, 1.807) is 12.1 Å². The van der Waals surface area contributed by atoms with E-state index in [2.05, 4.69) is 15.7 Å². The molecular formula is C13H12ClFN4O. The number of nitrogens with one attached hydrogen (secondary N) is 2. The smallest absolute Gasteiger partial charge is 0.251 e. The first-order valence-electron chi connectivity index (χ1n) is 5.75. The van der Waals surface area contributed by atoms with Crippen molar-refractivity contribution in [3.05, 3.63) is 58.5 Å². The molecule has 0 saturated carbocycles. The number of hydrazine groups is 1. The summed E-state index contributed by atoms with van der Waals surface area (Å²) in [5.74, 6) is 4.88. The van der Waals surface area contributed by atoms with Gasteiger partial charge in [0.15, 0.2) is 0 Å². The molecule has 5 nitrogen and oxygen atoms in total. The van der Waals surface area contributed by atoms with Crippen LogP contribution >= 0.6 is 11.6 Å². The van der Waals surface area contributed by atoms with Gasteiger partial charge in [0.1, 0.15) is 16.8 Å². The second-order valence-corrected chi connectivity index (χ2v) is 4.40. The van der Waals surface area contributed by atoms with E-state index >= 15 is 0 Å². The van der Waals surface area contributed by atoms with Gasteiger partial charge in [-0.1, -0.05) is 23.7 Å². The number of nitrogens with two attached hydrogens (primary N) is 1. The van der Waals surface area contributed by atoms with Gasteiger partial charge in [-0.2, -0.15) is 0 Å². The zero-order chi connectivity index (χ0) is 14.5. The zero-order valence-corrected chi connectivity index (χ0v) is 11.1. The molecule has 1 aromatic carbocycles. The van der Waals surface area contributed by atoms with E-state index in [0.29, 0.717) is 11.4 Å². The van der Waals surface area contributed by atoms with E-state index in [0.717, 1.165) is 5.56 Å². The number of carbonyl (C=O) groups excluding carboxylic acids is 1. The highest BCUT2D eigenvalue weighted by molar-refractivity contribution is 6.29. The van der Waals surface area contributed by atoms with E-state index in [1.807, 2.05) is 0 Å². The molecule has 0 bridgehead atoms. The highest BCUT2D eigenvalue weighted by atomic mass is 35.5. The highest BCUT2D eigenvalue weighted by Crippen LogP contribution is 2.14. The molecule has 0 radical (unpaired) electrons. The maximum absolute atomic E-state index is 12.8. The zero-order valence-electron chi connectivity index (χ0n) is 10.4. The minimum Gasteiger partial charge on any atom is -0.348 e. The van der Waals surface area contributed by atoms with Crippen LogP contribution in [0.3, 0.4) is 0 Å². The monoisotopic (exact) mass is 294 g/mol. The topological polar surface area (TPSA) is 80.0 Å². The molecule has 0 aliphatic carbocycles. The Morgan fingerprint density at radius 1 is 1.30 bits per heavy atom. The second kappa shape index (κ2) is 6.31. The first-order chi connectivity index (χ1) is 9.58. The second-order valence-electron chi connectivity index (χ2n) is 4.02. The number of aromatic nitrogens is 1. The molecule has 1 heterocycles. The lowest BCUT2D eigenvalue weighted by molar-refractivity contribution is 0.0951. The molecule has 7 heteroatoms. The summed E-state index contributed by atoms with van der Waals surface area (Å²) in [6.45, 7) is 0.282. The summed E-state index contributed by atoms with van der Waals surface area (Å²) in [4.78, 5) is 15.8. The molecule has 2 aromatic rings. The number of rotatable bonds is 4. The summed E-state index contributed by atoms with van der Waals surface area (Å²) in [6.07, 6.45) is 0. The fraction of sp³-hybridized carbons (Fsp3) is 0.0769. The molecule has 1 aromatic heterocycles.